The van der Waals surface area contributed by atoms with Crippen LogP contribution < -0.4 is 19.0 Å². The van der Waals surface area contributed by atoms with E-state index in [1.165, 1.54) is 38.6 Å². The molecule has 2 N–H and O–H groups in total. The summed E-state index contributed by atoms with van der Waals surface area (Å²) in [6, 6.07) is 8.97. The summed E-state index contributed by atoms with van der Waals surface area (Å²) in [6.07, 6.45) is 1.30. The highest BCUT2D eigenvalue weighted by Crippen LogP contribution is 2.28. The van der Waals surface area contributed by atoms with Gasteiger partial charge in [0.25, 0.3) is 10.0 Å². The van der Waals surface area contributed by atoms with Crippen molar-refractivity contribution in [1.29, 1.82) is 0 Å². The normalized spacial score (nSPS) is 11.3. The molecular formula is C17H20N2O6S. The summed E-state index contributed by atoms with van der Waals surface area (Å²) < 4.78 is 40.3. The van der Waals surface area contributed by atoms with Crippen LogP contribution in [0, 0.1) is 0 Å². The van der Waals surface area contributed by atoms with Crippen LogP contribution in [0.3, 0.4) is 0 Å². The van der Waals surface area contributed by atoms with E-state index >= 15 is 0 Å². The highest BCUT2D eigenvalue weighted by molar-refractivity contribution is 7.89. The Morgan fingerprint density at radius 2 is 1.88 bits per heavy atom. The Balaban J connectivity index is 2.23. The van der Waals surface area contributed by atoms with Gasteiger partial charge >= 0.3 is 0 Å². The second kappa shape index (κ2) is 8.43. The van der Waals surface area contributed by atoms with E-state index in [4.69, 9.17) is 14.2 Å². The number of hydrogen-bond acceptors (Lipinski definition) is 7. The van der Waals surface area contributed by atoms with Crippen molar-refractivity contribution in [2.24, 2.45) is 5.10 Å². The van der Waals surface area contributed by atoms with Crippen molar-refractivity contribution in [1.82, 2.24) is 4.83 Å². The van der Waals surface area contributed by atoms with Crippen molar-refractivity contribution in [3.8, 4) is 23.0 Å². The van der Waals surface area contributed by atoms with E-state index in [-0.39, 0.29) is 22.1 Å². The van der Waals surface area contributed by atoms with E-state index in [9.17, 15) is 13.5 Å². The minimum absolute atomic E-state index is 0.00861. The molecule has 140 valence electrons. The van der Waals surface area contributed by atoms with Crippen molar-refractivity contribution in [3.05, 3.63) is 42.0 Å². The molecule has 0 heterocycles. The van der Waals surface area contributed by atoms with Crippen molar-refractivity contribution in [2.75, 3.05) is 20.8 Å². The summed E-state index contributed by atoms with van der Waals surface area (Å²) >= 11 is 0. The van der Waals surface area contributed by atoms with Crippen LogP contribution in [0.25, 0.3) is 0 Å². The zero-order valence-electron chi connectivity index (χ0n) is 14.6. The molecule has 2 aromatic rings. The van der Waals surface area contributed by atoms with Gasteiger partial charge in [0.1, 0.15) is 16.4 Å². The standard InChI is InChI=1S/C17H20N2O6S/c1-4-25-16-9-12(5-7-14(16)20)11-18-19-26(21,22)17-10-13(23-2)6-8-15(17)24-3/h5-11,19-20H,4H2,1-3H3/b18-11-. The lowest BCUT2D eigenvalue weighted by Crippen LogP contribution is -2.19. The number of benzene rings is 2. The quantitative estimate of drug-likeness (QED) is 0.537. The molecule has 2 rings (SSSR count). The lowest BCUT2D eigenvalue weighted by atomic mass is 10.2. The van der Waals surface area contributed by atoms with Gasteiger partial charge in [0.15, 0.2) is 11.5 Å². The van der Waals surface area contributed by atoms with E-state index in [2.05, 4.69) is 9.93 Å². The molecule has 0 bridgehead atoms. The molecule has 0 aliphatic rings. The van der Waals surface area contributed by atoms with Crippen LogP contribution in [0.1, 0.15) is 12.5 Å². The third kappa shape index (κ3) is 4.57. The minimum atomic E-state index is -3.97. The maximum absolute atomic E-state index is 12.5. The zero-order chi connectivity index (χ0) is 19.2. The molecule has 0 aliphatic heterocycles. The van der Waals surface area contributed by atoms with Crippen LogP contribution in [0.15, 0.2) is 46.4 Å². The molecule has 0 aliphatic carbocycles. The number of methoxy groups -OCH3 is 2. The van der Waals surface area contributed by atoms with Crippen LogP contribution in [-0.2, 0) is 10.0 Å². The predicted octanol–water partition coefficient (Wildman–Crippen LogP) is 2.12. The van der Waals surface area contributed by atoms with Gasteiger partial charge in [-0.05, 0) is 42.8 Å². The maximum atomic E-state index is 12.5. The van der Waals surface area contributed by atoms with Gasteiger partial charge in [0.05, 0.1) is 27.0 Å². The Labute approximate surface area is 152 Å². The molecule has 0 amide bonds. The van der Waals surface area contributed by atoms with Gasteiger partial charge in [-0.1, -0.05) is 0 Å². The topological polar surface area (TPSA) is 106 Å². The number of aromatic hydroxyl groups is 1. The molecule has 26 heavy (non-hydrogen) atoms. The van der Waals surface area contributed by atoms with Crippen molar-refractivity contribution in [2.45, 2.75) is 11.8 Å². The first kappa shape index (κ1) is 19.4. The number of nitrogens with zero attached hydrogens (tertiary/aromatic N) is 1. The van der Waals surface area contributed by atoms with Gasteiger partial charge in [0, 0.05) is 6.07 Å². The lowest BCUT2D eigenvalue weighted by Gasteiger charge is -2.10. The van der Waals surface area contributed by atoms with E-state index in [0.717, 1.165) is 0 Å². The summed E-state index contributed by atoms with van der Waals surface area (Å²) in [5.41, 5.74) is 0.548. The fraction of sp³-hybridized carbons (Fsp3) is 0.235. The van der Waals surface area contributed by atoms with Crippen LogP contribution in [-0.4, -0.2) is 40.6 Å². The molecular weight excluding hydrogens is 360 g/mol. The molecule has 9 heteroatoms. The molecule has 8 nitrogen and oxygen atoms in total. The highest BCUT2D eigenvalue weighted by Gasteiger charge is 2.20. The summed E-state index contributed by atoms with van der Waals surface area (Å²) in [5, 5.41) is 13.4. The Morgan fingerprint density at radius 1 is 1.12 bits per heavy atom. The summed E-state index contributed by atoms with van der Waals surface area (Å²) in [7, 11) is -1.16. The van der Waals surface area contributed by atoms with E-state index < -0.39 is 10.0 Å². The van der Waals surface area contributed by atoms with Crippen molar-refractivity contribution >= 4 is 16.2 Å². The molecule has 0 radical (unpaired) electrons. The van der Waals surface area contributed by atoms with E-state index in [0.29, 0.717) is 17.9 Å². The summed E-state index contributed by atoms with van der Waals surface area (Å²) in [6.45, 7) is 2.17. The number of ether oxygens (including phenoxy) is 3. The molecule has 0 atom stereocenters. The van der Waals surface area contributed by atoms with E-state index in [1.807, 2.05) is 0 Å². The molecule has 0 spiro atoms. The van der Waals surface area contributed by atoms with Crippen LogP contribution in [0.2, 0.25) is 0 Å². The van der Waals surface area contributed by atoms with Crippen LogP contribution in [0.5, 0.6) is 23.0 Å². The summed E-state index contributed by atoms with van der Waals surface area (Å²) in [5.74, 6) is 0.811. The number of nitrogens with one attached hydrogen (secondary N) is 1. The third-order valence-electron chi connectivity index (χ3n) is 3.33. The van der Waals surface area contributed by atoms with Crippen molar-refractivity contribution in [3.63, 3.8) is 0 Å². The number of sulfonamides is 1. The largest absolute Gasteiger partial charge is 0.504 e. The van der Waals surface area contributed by atoms with Crippen LogP contribution >= 0.6 is 0 Å². The van der Waals surface area contributed by atoms with Gasteiger partial charge in [-0.25, -0.2) is 0 Å². The first-order valence-electron chi connectivity index (χ1n) is 7.64. The van der Waals surface area contributed by atoms with Gasteiger partial charge in [0.2, 0.25) is 0 Å². The Bertz CT molecular complexity index is 896. The fourth-order valence-corrected chi connectivity index (χ4v) is 3.07. The first-order valence-corrected chi connectivity index (χ1v) is 9.12. The maximum Gasteiger partial charge on any atom is 0.280 e. The van der Waals surface area contributed by atoms with E-state index in [1.54, 1.807) is 25.1 Å². The zero-order valence-corrected chi connectivity index (χ0v) is 15.4. The average Bonchev–Trinajstić information content (AvgIpc) is 2.63. The number of hydrogen-bond donors (Lipinski definition) is 2. The number of rotatable bonds is 8. The van der Waals surface area contributed by atoms with Gasteiger partial charge in [-0.2, -0.15) is 18.4 Å². The molecule has 0 saturated carbocycles. The van der Waals surface area contributed by atoms with Gasteiger partial charge in [-0.3, -0.25) is 0 Å². The first-order chi connectivity index (χ1) is 12.4. The third-order valence-corrected chi connectivity index (χ3v) is 4.57. The average molecular weight is 380 g/mol. The molecule has 0 aromatic heterocycles. The van der Waals surface area contributed by atoms with Gasteiger partial charge in [-0.15, -0.1) is 0 Å². The van der Waals surface area contributed by atoms with Gasteiger partial charge < -0.3 is 19.3 Å². The highest BCUT2D eigenvalue weighted by atomic mass is 32.2. The Morgan fingerprint density at radius 3 is 2.54 bits per heavy atom. The second-order valence-electron chi connectivity index (χ2n) is 5.03. The Hall–Kier alpha value is -2.94. The molecule has 2 aromatic carbocycles. The molecule has 0 unspecified atom stereocenters. The number of phenols is 1. The van der Waals surface area contributed by atoms with Crippen LogP contribution in [0.4, 0.5) is 0 Å². The fourth-order valence-electron chi connectivity index (χ4n) is 2.10. The second-order valence-corrected chi connectivity index (χ2v) is 6.66. The number of phenolic OH excluding ortho intramolecular Hbond substituents is 1. The monoisotopic (exact) mass is 380 g/mol. The molecule has 0 saturated heterocycles. The Kier molecular flexibility index (Phi) is 6.29. The molecule has 0 fully saturated rings. The lowest BCUT2D eigenvalue weighted by molar-refractivity contribution is 0.318. The summed E-state index contributed by atoms with van der Waals surface area (Å²) in [4.78, 5) is 2.02. The minimum Gasteiger partial charge on any atom is -0.504 e. The smallest absolute Gasteiger partial charge is 0.280 e. The van der Waals surface area contributed by atoms with Crippen molar-refractivity contribution < 1.29 is 27.7 Å². The predicted molar refractivity (Wildman–Crippen MR) is 96.7 cm³/mol. The SMILES string of the molecule is CCOc1cc(/C=N\NS(=O)(=O)c2cc(OC)ccc2OC)ccc1O. The number of hydrazone groups is 1.